The van der Waals surface area contributed by atoms with E-state index in [1.165, 1.54) is 6.07 Å². The number of nitrogens with zero attached hydrogens (tertiary/aromatic N) is 2. The van der Waals surface area contributed by atoms with Crippen molar-refractivity contribution in [3.63, 3.8) is 0 Å². The first-order valence-corrected chi connectivity index (χ1v) is 28.9. The number of fused-ring (bicyclic) bond motifs is 2. The number of benzene rings is 5. The molecule has 0 saturated carbocycles. The molecule has 0 radical (unpaired) electrons. The van der Waals surface area contributed by atoms with Crippen molar-refractivity contribution >= 4 is 78.1 Å². The SMILES string of the molecule is CN1Cc2c(Cl)cc(Cl)cc2C(c2ccc(S(=O)(=O)CCCOCCOCCNC(=O)c3cccc(C(=O)NCCOCCOCCNS(=O)(=O)c4ccc(C5CN(C)Cc6c(Cl)cc(Cl)cc65)cc4)c3)cc2)C1. The molecule has 0 spiro atoms. The summed E-state index contributed by atoms with van der Waals surface area (Å²) in [5.41, 5.74) is 6.73. The first-order chi connectivity index (χ1) is 35.5. The van der Waals surface area contributed by atoms with Crippen molar-refractivity contribution < 1.29 is 45.4 Å². The second kappa shape index (κ2) is 27.2. The van der Waals surface area contributed by atoms with Gasteiger partial charge in [-0.25, -0.2) is 21.6 Å². The lowest BCUT2D eigenvalue weighted by Crippen LogP contribution is -2.31. The predicted molar refractivity (Wildman–Crippen MR) is 288 cm³/mol. The van der Waals surface area contributed by atoms with Crippen LogP contribution in [0.15, 0.2) is 107 Å². The van der Waals surface area contributed by atoms with Crippen molar-refractivity contribution in [1.82, 2.24) is 25.2 Å². The van der Waals surface area contributed by atoms with E-state index in [1.807, 2.05) is 50.5 Å². The van der Waals surface area contributed by atoms with Crippen LogP contribution in [0.1, 0.15) is 72.4 Å². The van der Waals surface area contributed by atoms with Crippen molar-refractivity contribution in [3.8, 4) is 0 Å². The molecule has 2 amide bonds. The van der Waals surface area contributed by atoms with Crippen LogP contribution in [0, 0.1) is 0 Å². The molecule has 5 aromatic carbocycles. The van der Waals surface area contributed by atoms with Crippen LogP contribution in [0.3, 0.4) is 0 Å². The average Bonchev–Trinajstić information content (AvgIpc) is 3.37. The number of ether oxygens (including phenoxy) is 4. The van der Waals surface area contributed by atoms with Crippen LogP contribution in [0.4, 0.5) is 0 Å². The molecule has 74 heavy (non-hydrogen) atoms. The number of hydrogen-bond donors (Lipinski definition) is 3. The fourth-order valence-electron chi connectivity index (χ4n) is 8.97. The topological polar surface area (TPSA) is 182 Å². The van der Waals surface area contributed by atoms with E-state index in [2.05, 4.69) is 25.2 Å². The molecule has 21 heteroatoms. The van der Waals surface area contributed by atoms with Crippen molar-refractivity contribution in [2.45, 2.75) is 41.1 Å². The molecule has 0 saturated heterocycles. The Balaban J connectivity index is 0.698. The molecule has 7 rings (SSSR count). The first kappa shape index (κ1) is 57.5. The van der Waals surface area contributed by atoms with Crippen molar-refractivity contribution in [2.24, 2.45) is 0 Å². The van der Waals surface area contributed by atoms with E-state index in [-0.39, 0.29) is 112 Å². The fourth-order valence-corrected chi connectivity index (χ4v) is 12.4. The Kier molecular flexibility index (Phi) is 21.2. The number of nitrogens with one attached hydrogen (secondary N) is 3. The number of amides is 2. The molecular formula is C53H61Cl4N5O10S2. The van der Waals surface area contributed by atoms with E-state index in [9.17, 15) is 26.4 Å². The largest absolute Gasteiger partial charge is 0.379 e. The van der Waals surface area contributed by atoms with Crippen LogP contribution in [-0.4, -0.2) is 144 Å². The Labute approximate surface area is 454 Å². The maximum Gasteiger partial charge on any atom is 0.251 e. The third-order valence-corrected chi connectivity index (χ3v) is 17.1. The molecule has 0 aliphatic carbocycles. The molecule has 3 N–H and O–H groups in total. The van der Waals surface area contributed by atoms with Crippen LogP contribution in [0.25, 0.3) is 0 Å². The van der Waals surface area contributed by atoms with Gasteiger partial charge in [0.15, 0.2) is 9.84 Å². The normalized spacial score (nSPS) is 16.1. The summed E-state index contributed by atoms with van der Waals surface area (Å²) in [5.74, 6) is -0.793. The van der Waals surface area contributed by atoms with Gasteiger partial charge in [-0.05, 0) is 121 Å². The Morgan fingerprint density at radius 1 is 0.554 bits per heavy atom. The second-order valence-electron chi connectivity index (χ2n) is 18.2. The van der Waals surface area contributed by atoms with Crippen molar-refractivity contribution in [3.05, 3.63) is 162 Å². The van der Waals surface area contributed by atoms with Gasteiger partial charge in [0, 0.05) is 95.5 Å². The summed E-state index contributed by atoms with van der Waals surface area (Å²) >= 11 is 25.7. The van der Waals surface area contributed by atoms with Gasteiger partial charge in [-0.15, -0.1) is 0 Å². The Morgan fingerprint density at radius 3 is 1.46 bits per heavy atom. The smallest absolute Gasteiger partial charge is 0.251 e. The molecule has 2 aliphatic heterocycles. The molecule has 15 nitrogen and oxygen atoms in total. The van der Waals surface area contributed by atoms with E-state index in [1.54, 1.807) is 54.6 Å². The minimum Gasteiger partial charge on any atom is -0.379 e. The third kappa shape index (κ3) is 15.9. The zero-order chi connectivity index (χ0) is 52.8. The standard InChI is InChI=1S/C53H61Cl4N5O10S2/c1-61-32-46(44-28-40(54)30-50(56)48(44)34-61)36-7-11-42(12-8-36)73(65,66)26-4-18-69-22-23-70-19-15-58-52(63)38-5-3-6-39(27-38)53(64)59-16-20-71-24-25-72-21-17-60-74(67,68)43-13-9-37(10-14-43)47-33-62(2)35-49-45(47)29-41(55)31-51(49)57/h3,5-14,27-31,46-47,60H,4,15-26,32-35H2,1-2H3,(H,58,63)(H,59,64). The highest BCUT2D eigenvalue weighted by Gasteiger charge is 2.29. The lowest BCUT2D eigenvalue weighted by atomic mass is 9.85. The highest BCUT2D eigenvalue weighted by Crippen LogP contribution is 2.40. The maximum absolute atomic E-state index is 13.1. The third-order valence-electron chi connectivity index (χ3n) is 12.7. The van der Waals surface area contributed by atoms with Gasteiger partial charge in [0.1, 0.15) is 0 Å². The number of likely N-dealkylation sites (N-methyl/N-ethyl adjacent to an activating group) is 2. The summed E-state index contributed by atoms with van der Waals surface area (Å²) in [6.45, 7) is 5.24. The van der Waals surface area contributed by atoms with Gasteiger partial charge in [-0.1, -0.05) is 76.7 Å². The summed E-state index contributed by atoms with van der Waals surface area (Å²) in [6, 6.07) is 27.5. The summed E-state index contributed by atoms with van der Waals surface area (Å²) in [5, 5.41) is 7.91. The highest BCUT2D eigenvalue weighted by molar-refractivity contribution is 7.91. The van der Waals surface area contributed by atoms with Crippen LogP contribution < -0.4 is 15.4 Å². The molecule has 2 atom stereocenters. The molecule has 0 bridgehead atoms. The monoisotopic (exact) mass is 1130 g/mol. The van der Waals surface area contributed by atoms with Crippen molar-refractivity contribution in [2.75, 3.05) is 105 Å². The minimum atomic E-state index is -3.77. The van der Waals surface area contributed by atoms with Crippen molar-refractivity contribution in [1.29, 1.82) is 0 Å². The summed E-state index contributed by atoms with van der Waals surface area (Å²) in [6.07, 6.45) is 0.318. The van der Waals surface area contributed by atoms with Gasteiger partial charge in [0.25, 0.3) is 11.8 Å². The second-order valence-corrected chi connectivity index (χ2v) is 23.7. The van der Waals surface area contributed by atoms with Crippen LogP contribution in [0.2, 0.25) is 20.1 Å². The number of sulfonamides is 1. The van der Waals surface area contributed by atoms with Gasteiger partial charge < -0.3 is 39.4 Å². The van der Waals surface area contributed by atoms with Gasteiger partial charge in [-0.3, -0.25) is 9.59 Å². The zero-order valence-corrected chi connectivity index (χ0v) is 45.9. The summed E-state index contributed by atoms with van der Waals surface area (Å²) in [4.78, 5) is 30.3. The molecule has 2 heterocycles. The minimum absolute atomic E-state index is 0.00800. The van der Waals surface area contributed by atoms with E-state index >= 15 is 0 Å². The van der Waals surface area contributed by atoms with Gasteiger partial charge in [-0.2, -0.15) is 0 Å². The molecule has 0 aromatic heterocycles. The van der Waals surface area contributed by atoms with E-state index < -0.39 is 19.9 Å². The zero-order valence-electron chi connectivity index (χ0n) is 41.2. The molecular weight excluding hydrogens is 1070 g/mol. The van der Waals surface area contributed by atoms with Crippen LogP contribution in [0.5, 0.6) is 0 Å². The number of carbonyl (C=O) groups is 2. The summed E-state index contributed by atoms with van der Waals surface area (Å²) in [7, 11) is -3.24. The Hall–Kier alpha value is -4.18. The predicted octanol–water partition coefficient (Wildman–Crippen LogP) is 7.82. The van der Waals surface area contributed by atoms with Gasteiger partial charge >= 0.3 is 0 Å². The highest BCUT2D eigenvalue weighted by atomic mass is 35.5. The van der Waals surface area contributed by atoms with Gasteiger partial charge in [0.2, 0.25) is 10.0 Å². The number of sulfone groups is 1. The molecule has 5 aromatic rings. The lowest BCUT2D eigenvalue weighted by Gasteiger charge is -2.33. The average molecular weight is 1130 g/mol. The molecule has 2 aliphatic rings. The molecule has 2 unspecified atom stereocenters. The number of carbonyl (C=O) groups excluding carboxylic acids is 2. The van der Waals surface area contributed by atoms with Crippen LogP contribution in [-0.2, 0) is 51.9 Å². The van der Waals surface area contributed by atoms with Crippen LogP contribution >= 0.6 is 46.4 Å². The number of hydrogen-bond acceptors (Lipinski definition) is 12. The number of halogens is 4. The molecule has 398 valence electrons. The van der Waals surface area contributed by atoms with E-state index in [0.29, 0.717) is 50.7 Å². The Morgan fingerprint density at radius 2 is 0.986 bits per heavy atom. The summed E-state index contributed by atoms with van der Waals surface area (Å²) < 4.78 is 76.9. The quantitative estimate of drug-likeness (QED) is 0.0458. The van der Waals surface area contributed by atoms with E-state index in [0.717, 1.165) is 46.5 Å². The number of rotatable bonds is 26. The lowest BCUT2D eigenvalue weighted by molar-refractivity contribution is 0.0486. The fraction of sp³-hybridized carbons (Fsp3) is 0.396. The maximum atomic E-state index is 13.1. The van der Waals surface area contributed by atoms with Gasteiger partial charge in [0.05, 0.1) is 61.8 Å². The van der Waals surface area contributed by atoms with E-state index in [4.69, 9.17) is 65.4 Å². The molecule has 0 fully saturated rings. The Bertz CT molecular complexity index is 2760. The first-order valence-electron chi connectivity index (χ1n) is 24.2.